The third kappa shape index (κ3) is 3.15. The molecule has 2 aromatic carbocycles. The topological polar surface area (TPSA) is 23.6 Å². The Labute approximate surface area is 152 Å². The van der Waals surface area contributed by atoms with Crippen molar-refractivity contribution in [3.05, 3.63) is 64.0 Å². The smallest absolute Gasteiger partial charge is 0.323 e. The minimum Gasteiger partial charge on any atom is -0.330 e. The first-order valence-corrected chi connectivity index (χ1v) is 8.04. The van der Waals surface area contributed by atoms with Crippen molar-refractivity contribution >= 4 is 23.9 Å². The van der Waals surface area contributed by atoms with Crippen LogP contribution in [0.3, 0.4) is 0 Å². The van der Waals surface area contributed by atoms with Crippen molar-refractivity contribution in [3.8, 4) is 0 Å². The van der Waals surface area contributed by atoms with Crippen LogP contribution >= 0.6 is 0 Å². The number of para-hydroxylation sites is 1. The average molecular weight is 382 g/mol. The molecule has 0 fully saturated rings. The van der Waals surface area contributed by atoms with Gasteiger partial charge >= 0.3 is 6.03 Å². The standard InChI is InChI=1S/C19H15F5N2O/c1-25(2)19(27)26-9-8-11-5-3-4-10(18(11)26)6-7-12-13(20)15(22)17(24)16(23)14(12)21/h3-7H,8-9H2,1-2H3/b7-6+. The first-order chi connectivity index (χ1) is 12.7. The lowest BCUT2D eigenvalue weighted by molar-refractivity contribution is 0.224. The van der Waals surface area contributed by atoms with E-state index in [0.29, 0.717) is 24.2 Å². The van der Waals surface area contributed by atoms with Gasteiger partial charge in [0.2, 0.25) is 5.82 Å². The van der Waals surface area contributed by atoms with E-state index >= 15 is 0 Å². The Kier molecular flexibility index (Phi) is 4.91. The largest absolute Gasteiger partial charge is 0.330 e. The summed E-state index contributed by atoms with van der Waals surface area (Å²) < 4.78 is 67.6. The zero-order chi connectivity index (χ0) is 19.9. The summed E-state index contributed by atoms with van der Waals surface area (Å²) >= 11 is 0. The molecular weight excluding hydrogens is 367 g/mol. The third-order valence-electron chi connectivity index (χ3n) is 4.31. The van der Waals surface area contributed by atoms with Crippen molar-refractivity contribution in [2.45, 2.75) is 6.42 Å². The van der Waals surface area contributed by atoms with Crippen LogP contribution in [0.2, 0.25) is 0 Å². The summed E-state index contributed by atoms with van der Waals surface area (Å²) in [6.07, 6.45) is 2.65. The predicted octanol–water partition coefficient (Wildman–Crippen LogP) is 4.60. The van der Waals surface area contributed by atoms with Crippen LogP contribution in [0.5, 0.6) is 0 Å². The van der Waals surface area contributed by atoms with E-state index in [4.69, 9.17) is 0 Å². The van der Waals surface area contributed by atoms with E-state index in [1.165, 1.54) is 15.9 Å². The quantitative estimate of drug-likeness (QED) is 0.322. The summed E-state index contributed by atoms with van der Waals surface area (Å²) in [5.41, 5.74) is 0.803. The number of amides is 2. The van der Waals surface area contributed by atoms with Gasteiger partial charge in [-0.3, -0.25) is 4.90 Å². The second-order valence-electron chi connectivity index (χ2n) is 6.25. The molecule has 2 amide bonds. The van der Waals surface area contributed by atoms with Gasteiger partial charge in [0.05, 0.1) is 11.3 Å². The fourth-order valence-electron chi connectivity index (χ4n) is 2.99. The van der Waals surface area contributed by atoms with Crippen molar-refractivity contribution in [2.24, 2.45) is 0 Å². The first kappa shape index (κ1) is 18.9. The Balaban J connectivity index is 2.07. The monoisotopic (exact) mass is 382 g/mol. The van der Waals surface area contributed by atoms with Crippen molar-refractivity contribution in [2.75, 3.05) is 25.5 Å². The van der Waals surface area contributed by atoms with Gasteiger partial charge in [0.25, 0.3) is 0 Å². The summed E-state index contributed by atoms with van der Waals surface area (Å²) in [6.45, 7) is 0.430. The number of anilines is 1. The van der Waals surface area contributed by atoms with Gasteiger partial charge in [0, 0.05) is 20.6 Å². The van der Waals surface area contributed by atoms with Crippen LogP contribution in [0.1, 0.15) is 16.7 Å². The average Bonchev–Trinajstić information content (AvgIpc) is 3.08. The second-order valence-corrected chi connectivity index (χ2v) is 6.25. The van der Waals surface area contributed by atoms with E-state index in [0.717, 1.165) is 11.6 Å². The number of carbonyl (C=O) groups excluding carboxylic acids is 1. The van der Waals surface area contributed by atoms with Crippen LogP contribution in [-0.4, -0.2) is 31.6 Å². The van der Waals surface area contributed by atoms with Gasteiger partial charge in [0.15, 0.2) is 23.3 Å². The van der Waals surface area contributed by atoms with E-state index < -0.39 is 34.6 Å². The van der Waals surface area contributed by atoms with Crippen LogP contribution in [-0.2, 0) is 6.42 Å². The Hall–Kier alpha value is -2.90. The molecule has 0 saturated carbocycles. The van der Waals surface area contributed by atoms with Gasteiger partial charge in [-0.25, -0.2) is 26.7 Å². The minimum absolute atomic E-state index is 0.272. The molecule has 8 heteroatoms. The molecular formula is C19H15F5N2O. The number of carbonyl (C=O) groups is 1. The van der Waals surface area contributed by atoms with Gasteiger partial charge in [0.1, 0.15) is 0 Å². The molecule has 1 heterocycles. The molecule has 0 atom stereocenters. The van der Waals surface area contributed by atoms with Crippen molar-refractivity contribution in [1.82, 2.24) is 4.90 Å². The lowest BCUT2D eigenvalue weighted by Crippen LogP contribution is -2.38. The maximum absolute atomic E-state index is 13.8. The highest BCUT2D eigenvalue weighted by Gasteiger charge is 2.28. The van der Waals surface area contributed by atoms with E-state index in [1.807, 2.05) is 6.07 Å². The molecule has 3 rings (SSSR count). The lowest BCUT2D eigenvalue weighted by atomic mass is 10.0. The van der Waals surface area contributed by atoms with E-state index in [9.17, 15) is 26.7 Å². The Morgan fingerprint density at radius 3 is 2.15 bits per heavy atom. The molecule has 27 heavy (non-hydrogen) atoms. The van der Waals surface area contributed by atoms with Crippen LogP contribution < -0.4 is 4.90 Å². The molecule has 1 aliphatic heterocycles. The molecule has 0 saturated heterocycles. The highest BCUT2D eigenvalue weighted by Crippen LogP contribution is 2.34. The molecule has 0 aromatic heterocycles. The summed E-state index contributed by atoms with van der Waals surface area (Å²) in [4.78, 5) is 15.2. The molecule has 1 aliphatic rings. The molecule has 0 spiro atoms. The maximum Gasteiger partial charge on any atom is 0.323 e. The summed E-state index contributed by atoms with van der Waals surface area (Å²) in [6, 6.07) is 4.84. The SMILES string of the molecule is CN(C)C(=O)N1CCc2cccc(/C=C/c3c(F)c(F)c(F)c(F)c3F)c21. The highest BCUT2D eigenvalue weighted by molar-refractivity contribution is 5.97. The van der Waals surface area contributed by atoms with Gasteiger partial charge in [-0.05, 0) is 23.6 Å². The first-order valence-electron chi connectivity index (χ1n) is 8.04. The lowest BCUT2D eigenvalue weighted by Gasteiger charge is -2.23. The molecule has 3 nitrogen and oxygen atoms in total. The van der Waals surface area contributed by atoms with E-state index in [2.05, 4.69) is 0 Å². The fraction of sp³-hybridized carbons (Fsp3) is 0.211. The number of nitrogens with zero attached hydrogens (tertiary/aromatic N) is 2. The van der Waals surface area contributed by atoms with Gasteiger partial charge < -0.3 is 4.90 Å². The second kappa shape index (κ2) is 7.02. The van der Waals surface area contributed by atoms with Crippen molar-refractivity contribution in [1.29, 1.82) is 0 Å². The van der Waals surface area contributed by atoms with Crippen LogP contribution in [0, 0.1) is 29.1 Å². The fourth-order valence-corrected chi connectivity index (χ4v) is 2.99. The molecule has 0 aliphatic carbocycles. The van der Waals surface area contributed by atoms with Crippen molar-refractivity contribution < 1.29 is 26.7 Å². The van der Waals surface area contributed by atoms with Gasteiger partial charge in [-0.1, -0.05) is 24.3 Å². The Bertz CT molecular complexity index is 927. The minimum atomic E-state index is -2.20. The predicted molar refractivity (Wildman–Crippen MR) is 91.7 cm³/mol. The third-order valence-corrected chi connectivity index (χ3v) is 4.31. The number of halogens is 5. The van der Waals surface area contributed by atoms with Gasteiger partial charge in [-0.2, -0.15) is 0 Å². The van der Waals surface area contributed by atoms with Crippen LogP contribution in [0.4, 0.5) is 32.4 Å². The number of hydrogen-bond acceptors (Lipinski definition) is 1. The van der Waals surface area contributed by atoms with E-state index in [1.54, 1.807) is 26.2 Å². The van der Waals surface area contributed by atoms with Gasteiger partial charge in [-0.15, -0.1) is 0 Å². The molecule has 0 radical (unpaired) electrons. The van der Waals surface area contributed by atoms with Crippen LogP contribution in [0.25, 0.3) is 12.2 Å². The molecule has 0 bridgehead atoms. The summed E-state index contributed by atoms with van der Waals surface area (Å²) in [7, 11) is 3.18. The molecule has 0 unspecified atom stereocenters. The highest BCUT2D eigenvalue weighted by atomic mass is 19.2. The molecule has 142 valence electrons. The molecule has 0 N–H and O–H groups in total. The summed E-state index contributed by atoms with van der Waals surface area (Å²) in [5, 5.41) is 0. The van der Waals surface area contributed by atoms with Crippen molar-refractivity contribution in [3.63, 3.8) is 0 Å². The number of benzene rings is 2. The van der Waals surface area contributed by atoms with Crippen LogP contribution in [0.15, 0.2) is 18.2 Å². The number of rotatable bonds is 2. The maximum atomic E-state index is 13.8. The Morgan fingerprint density at radius 1 is 0.963 bits per heavy atom. The summed E-state index contributed by atoms with van der Waals surface area (Å²) in [5.74, 6) is -10.0. The zero-order valence-corrected chi connectivity index (χ0v) is 14.5. The zero-order valence-electron chi connectivity index (χ0n) is 14.5. The Morgan fingerprint density at radius 2 is 1.56 bits per heavy atom. The number of hydrogen-bond donors (Lipinski definition) is 0. The van der Waals surface area contributed by atoms with E-state index in [-0.39, 0.29) is 6.03 Å². The number of fused-ring (bicyclic) bond motifs is 1. The normalized spacial score (nSPS) is 13.4. The number of urea groups is 1. The molecule has 2 aromatic rings.